The summed E-state index contributed by atoms with van der Waals surface area (Å²) >= 11 is 3.33. The quantitative estimate of drug-likeness (QED) is 0.110. The molecule has 5 heteroatoms. The Morgan fingerprint density at radius 1 is 0.677 bits per heavy atom. The van der Waals surface area contributed by atoms with Gasteiger partial charge < -0.3 is 9.47 Å². The van der Waals surface area contributed by atoms with Gasteiger partial charge in [-0.2, -0.15) is 0 Å². The average Bonchev–Trinajstić information content (AvgIpc) is 2.75. The summed E-state index contributed by atoms with van der Waals surface area (Å²) in [6.45, 7) is 2.75. The highest BCUT2D eigenvalue weighted by Gasteiger charge is 2.08. The molecule has 0 saturated heterocycles. The summed E-state index contributed by atoms with van der Waals surface area (Å²) in [4.78, 5) is 23.5. The Hall–Kier alpha value is -1.36. The predicted octanol–water partition coefficient (Wildman–Crippen LogP) is 8.16. The van der Waals surface area contributed by atoms with Crippen molar-refractivity contribution >= 4 is 27.9 Å². The minimum atomic E-state index is -0.327. The van der Waals surface area contributed by atoms with Crippen molar-refractivity contribution < 1.29 is 19.1 Å². The van der Waals surface area contributed by atoms with E-state index in [-0.39, 0.29) is 24.8 Å². The molecule has 0 spiro atoms. The molecular formula is C26H41BrO4. The Kier molecular flexibility index (Phi) is 17.3. The van der Waals surface area contributed by atoms with E-state index in [0.29, 0.717) is 18.8 Å². The largest absolute Gasteiger partial charge is 0.466 e. The van der Waals surface area contributed by atoms with Crippen molar-refractivity contribution in [1.82, 2.24) is 0 Å². The van der Waals surface area contributed by atoms with E-state index in [9.17, 15) is 9.59 Å². The van der Waals surface area contributed by atoms with Crippen LogP contribution in [0.1, 0.15) is 110 Å². The molecule has 0 bridgehead atoms. The molecule has 176 valence electrons. The second-order valence-corrected chi connectivity index (χ2v) is 9.16. The van der Waals surface area contributed by atoms with Gasteiger partial charge in [0.25, 0.3) is 0 Å². The van der Waals surface area contributed by atoms with Gasteiger partial charge in [0.2, 0.25) is 0 Å². The molecule has 0 heterocycles. The van der Waals surface area contributed by atoms with Gasteiger partial charge in [-0.05, 0) is 37.1 Å². The molecule has 1 rings (SSSR count). The van der Waals surface area contributed by atoms with Crippen molar-refractivity contribution in [3.05, 3.63) is 28.7 Å². The van der Waals surface area contributed by atoms with Gasteiger partial charge in [0.15, 0.2) is 0 Å². The topological polar surface area (TPSA) is 52.6 Å². The first-order valence-electron chi connectivity index (χ1n) is 12.2. The van der Waals surface area contributed by atoms with Crippen LogP contribution < -0.4 is 4.74 Å². The number of carbonyl (C=O) groups is 2. The molecule has 0 aliphatic rings. The molecule has 0 radical (unpaired) electrons. The predicted molar refractivity (Wildman–Crippen MR) is 130 cm³/mol. The van der Waals surface area contributed by atoms with Crippen LogP contribution in [0, 0.1) is 0 Å². The summed E-state index contributed by atoms with van der Waals surface area (Å²) in [5, 5.41) is 0. The highest BCUT2D eigenvalue weighted by atomic mass is 79.9. The first kappa shape index (κ1) is 27.7. The van der Waals surface area contributed by atoms with Crippen LogP contribution in [0.3, 0.4) is 0 Å². The van der Waals surface area contributed by atoms with Gasteiger partial charge in [-0.25, -0.2) is 0 Å². The zero-order chi connectivity index (χ0) is 22.6. The SMILES string of the molecule is CCCCCCCCCCCCCCCOC(=O)CCCC(=O)Oc1ccc(Br)cc1. The Labute approximate surface area is 197 Å². The summed E-state index contributed by atoms with van der Waals surface area (Å²) in [6, 6.07) is 7.09. The molecule has 0 unspecified atom stereocenters. The molecule has 31 heavy (non-hydrogen) atoms. The van der Waals surface area contributed by atoms with Gasteiger partial charge in [0, 0.05) is 17.3 Å². The lowest BCUT2D eigenvalue weighted by atomic mass is 10.0. The van der Waals surface area contributed by atoms with Gasteiger partial charge in [-0.1, -0.05) is 99.9 Å². The van der Waals surface area contributed by atoms with Crippen molar-refractivity contribution in [1.29, 1.82) is 0 Å². The van der Waals surface area contributed by atoms with Crippen LogP contribution in [0.2, 0.25) is 0 Å². The third-order valence-corrected chi connectivity index (χ3v) is 5.85. The fraction of sp³-hybridized carbons (Fsp3) is 0.692. The van der Waals surface area contributed by atoms with Crippen LogP contribution >= 0.6 is 15.9 Å². The molecule has 0 saturated carbocycles. The Morgan fingerprint density at radius 2 is 1.16 bits per heavy atom. The molecule has 0 aliphatic carbocycles. The number of benzene rings is 1. The highest BCUT2D eigenvalue weighted by molar-refractivity contribution is 9.10. The summed E-state index contributed by atoms with van der Waals surface area (Å²) in [7, 11) is 0. The van der Waals surface area contributed by atoms with E-state index in [2.05, 4.69) is 22.9 Å². The third kappa shape index (κ3) is 16.9. The second kappa shape index (κ2) is 19.3. The molecule has 1 aromatic rings. The maximum Gasteiger partial charge on any atom is 0.311 e. The van der Waals surface area contributed by atoms with Crippen LogP contribution in [0.5, 0.6) is 5.75 Å². The normalized spacial score (nSPS) is 10.8. The second-order valence-electron chi connectivity index (χ2n) is 8.24. The van der Waals surface area contributed by atoms with E-state index in [1.165, 1.54) is 70.6 Å². The lowest BCUT2D eigenvalue weighted by Gasteiger charge is -2.06. The number of rotatable bonds is 19. The fourth-order valence-electron chi connectivity index (χ4n) is 3.44. The molecule has 4 nitrogen and oxygen atoms in total. The Morgan fingerprint density at radius 3 is 1.71 bits per heavy atom. The van der Waals surface area contributed by atoms with Crippen molar-refractivity contribution in [3.8, 4) is 5.75 Å². The summed E-state index contributed by atoms with van der Waals surface area (Å²) in [5.74, 6) is -0.0415. The van der Waals surface area contributed by atoms with Crippen LogP contribution in [0.4, 0.5) is 0 Å². The highest BCUT2D eigenvalue weighted by Crippen LogP contribution is 2.17. The first-order chi connectivity index (χ1) is 15.1. The van der Waals surface area contributed by atoms with E-state index in [4.69, 9.17) is 9.47 Å². The van der Waals surface area contributed by atoms with Crippen LogP contribution in [0.25, 0.3) is 0 Å². The first-order valence-corrected chi connectivity index (χ1v) is 13.0. The van der Waals surface area contributed by atoms with E-state index in [0.717, 1.165) is 17.3 Å². The van der Waals surface area contributed by atoms with E-state index >= 15 is 0 Å². The van der Waals surface area contributed by atoms with Crippen molar-refractivity contribution in [2.45, 2.75) is 110 Å². The molecule has 1 aromatic carbocycles. The summed E-state index contributed by atoms with van der Waals surface area (Å²) in [5.41, 5.74) is 0. The van der Waals surface area contributed by atoms with Gasteiger partial charge in [0.05, 0.1) is 6.61 Å². The number of unbranched alkanes of at least 4 members (excludes halogenated alkanes) is 12. The fourth-order valence-corrected chi connectivity index (χ4v) is 3.70. The zero-order valence-electron chi connectivity index (χ0n) is 19.3. The molecule has 0 amide bonds. The monoisotopic (exact) mass is 496 g/mol. The molecule has 0 atom stereocenters. The maximum absolute atomic E-state index is 11.8. The minimum absolute atomic E-state index is 0.212. The van der Waals surface area contributed by atoms with Gasteiger partial charge in [-0.15, -0.1) is 0 Å². The molecular weight excluding hydrogens is 456 g/mol. The molecule has 0 aliphatic heterocycles. The summed E-state index contributed by atoms with van der Waals surface area (Å²) in [6.07, 6.45) is 17.8. The smallest absolute Gasteiger partial charge is 0.311 e. The van der Waals surface area contributed by atoms with Gasteiger partial charge in [0.1, 0.15) is 5.75 Å². The lowest BCUT2D eigenvalue weighted by molar-refractivity contribution is -0.144. The Balaban J connectivity index is 1.85. The van der Waals surface area contributed by atoms with Crippen LogP contribution in [-0.2, 0) is 14.3 Å². The lowest BCUT2D eigenvalue weighted by Crippen LogP contribution is -2.10. The Bertz CT molecular complexity index is 586. The van der Waals surface area contributed by atoms with E-state index in [1.807, 2.05) is 12.1 Å². The minimum Gasteiger partial charge on any atom is -0.466 e. The number of hydrogen-bond donors (Lipinski definition) is 0. The van der Waals surface area contributed by atoms with Crippen LogP contribution in [-0.4, -0.2) is 18.5 Å². The van der Waals surface area contributed by atoms with Crippen molar-refractivity contribution in [2.24, 2.45) is 0 Å². The number of carbonyl (C=O) groups excluding carboxylic acids is 2. The zero-order valence-corrected chi connectivity index (χ0v) is 20.9. The van der Waals surface area contributed by atoms with E-state index < -0.39 is 0 Å². The van der Waals surface area contributed by atoms with Gasteiger partial charge in [-0.3, -0.25) is 9.59 Å². The number of esters is 2. The van der Waals surface area contributed by atoms with Gasteiger partial charge >= 0.3 is 11.9 Å². The summed E-state index contributed by atoms with van der Waals surface area (Å²) < 4.78 is 11.4. The third-order valence-electron chi connectivity index (χ3n) is 5.32. The van der Waals surface area contributed by atoms with Crippen LogP contribution in [0.15, 0.2) is 28.7 Å². The molecule has 0 fully saturated rings. The number of halogens is 1. The average molecular weight is 498 g/mol. The van der Waals surface area contributed by atoms with Crippen molar-refractivity contribution in [3.63, 3.8) is 0 Å². The van der Waals surface area contributed by atoms with Crippen molar-refractivity contribution in [2.75, 3.05) is 6.61 Å². The number of hydrogen-bond acceptors (Lipinski definition) is 4. The standard InChI is InChI=1S/C26H41BrO4/c1-2-3-4-5-6-7-8-9-10-11-12-13-14-22-30-25(28)16-15-17-26(29)31-24-20-18-23(27)19-21-24/h18-21H,2-17,22H2,1H3. The maximum atomic E-state index is 11.8. The number of ether oxygens (including phenoxy) is 2. The molecule has 0 N–H and O–H groups in total. The van der Waals surface area contributed by atoms with E-state index in [1.54, 1.807) is 12.1 Å². The molecule has 0 aromatic heterocycles.